The summed E-state index contributed by atoms with van der Waals surface area (Å²) < 4.78 is 13.1. The number of hydrogen-bond donors (Lipinski definition) is 1. The van der Waals surface area contributed by atoms with Gasteiger partial charge in [0.05, 0.1) is 25.5 Å². The Morgan fingerprint density at radius 2 is 2.16 bits per heavy atom. The lowest BCUT2D eigenvalue weighted by molar-refractivity contribution is -0.0101. The van der Waals surface area contributed by atoms with Gasteiger partial charge in [0, 0.05) is 59.1 Å². The van der Waals surface area contributed by atoms with Crippen molar-refractivity contribution < 1.29 is 14.3 Å². The predicted octanol–water partition coefficient (Wildman–Crippen LogP) is 0.0953. The number of rotatable bonds is 5. The first-order valence-corrected chi connectivity index (χ1v) is 9.13. The van der Waals surface area contributed by atoms with Crippen molar-refractivity contribution in [2.24, 2.45) is 7.05 Å². The fourth-order valence-corrected chi connectivity index (χ4v) is 3.29. The summed E-state index contributed by atoms with van der Waals surface area (Å²) in [4.78, 5) is 16.7. The van der Waals surface area contributed by atoms with Gasteiger partial charge >= 0.3 is 6.03 Å². The van der Waals surface area contributed by atoms with E-state index < -0.39 is 0 Å². The number of carbonyl (C=O) groups is 1. The Morgan fingerprint density at radius 3 is 2.92 bits per heavy atom. The lowest BCUT2D eigenvalue weighted by Crippen LogP contribution is -2.48. The number of ether oxygens (including phenoxy) is 2. The first-order chi connectivity index (χ1) is 12.2. The van der Waals surface area contributed by atoms with E-state index in [0.717, 1.165) is 57.8 Å². The summed E-state index contributed by atoms with van der Waals surface area (Å²) in [6.45, 7) is 7.05. The number of hydrogen-bond acceptors (Lipinski definition) is 5. The lowest BCUT2D eigenvalue weighted by atomic mass is 10.2. The van der Waals surface area contributed by atoms with Gasteiger partial charge in [0.15, 0.2) is 0 Å². The highest BCUT2D eigenvalue weighted by Gasteiger charge is 2.24. The number of aromatic nitrogens is 2. The number of morpholine rings is 1. The van der Waals surface area contributed by atoms with E-state index in [9.17, 15) is 4.79 Å². The van der Waals surface area contributed by atoms with E-state index >= 15 is 0 Å². The molecule has 140 valence electrons. The maximum Gasteiger partial charge on any atom is 0.317 e. The summed E-state index contributed by atoms with van der Waals surface area (Å²) in [5.74, 6) is 0. The first kappa shape index (κ1) is 18.2. The molecule has 0 saturated carbocycles. The van der Waals surface area contributed by atoms with Crippen LogP contribution in [0.1, 0.15) is 12.0 Å². The van der Waals surface area contributed by atoms with Crippen molar-refractivity contribution in [2.45, 2.75) is 18.9 Å². The highest BCUT2D eigenvalue weighted by Crippen LogP contribution is 2.09. The molecule has 3 rings (SSSR count). The Labute approximate surface area is 149 Å². The molecule has 2 amide bonds. The lowest BCUT2D eigenvalue weighted by Gasteiger charge is -2.31. The average molecular weight is 351 g/mol. The van der Waals surface area contributed by atoms with Gasteiger partial charge in [0.1, 0.15) is 0 Å². The van der Waals surface area contributed by atoms with Gasteiger partial charge in [-0.05, 0) is 18.4 Å². The maximum absolute atomic E-state index is 12.5. The topological polar surface area (TPSA) is 71.9 Å². The number of urea groups is 1. The number of amides is 2. The van der Waals surface area contributed by atoms with Gasteiger partial charge in [0.2, 0.25) is 0 Å². The maximum atomic E-state index is 12.5. The fraction of sp³-hybridized carbons (Fsp3) is 0.765. The average Bonchev–Trinajstić information content (AvgIpc) is 2.89. The van der Waals surface area contributed by atoms with Crippen LogP contribution in [0.25, 0.3) is 0 Å². The molecular weight excluding hydrogens is 322 g/mol. The van der Waals surface area contributed by atoms with Crippen molar-refractivity contribution in [1.82, 2.24) is 24.9 Å². The van der Waals surface area contributed by atoms with Gasteiger partial charge in [0.25, 0.3) is 0 Å². The summed E-state index contributed by atoms with van der Waals surface area (Å²) in [5, 5.41) is 7.17. The number of nitrogens with zero attached hydrogens (tertiary/aromatic N) is 4. The Balaban J connectivity index is 1.43. The Hall–Kier alpha value is -1.64. The molecule has 1 unspecified atom stereocenters. The van der Waals surface area contributed by atoms with Crippen molar-refractivity contribution in [3.63, 3.8) is 0 Å². The van der Waals surface area contributed by atoms with Crippen LogP contribution >= 0.6 is 0 Å². The van der Waals surface area contributed by atoms with E-state index in [1.807, 2.05) is 24.3 Å². The van der Waals surface area contributed by atoms with E-state index in [1.54, 1.807) is 4.68 Å². The molecule has 1 N–H and O–H groups in total. The van der Waals surface area contributed by atoms with Gasteiger partial charge in [-0.3, -0.25) is 9.58 Å². The summed E-state index contributed by atoms with van der Waals surface area (Å²) >= 11 is 0. The standard InChI is InChI=1S/C17H29N5O3/c1-20-12-15(11-19-20)3-4-18-17(23)22-5-2-8-25-16(14-22)13-21-6-9-24-10-7-21/h11-12,16H,2-10,13-14H2,1H3,(H,18,23). The fourth-order valence-electron chi connectivity index (χ4n) is 3.29. The normalized spacial score (nSPS) is 22.6. The van der Waals surface area contributed by atoms with E-state index in [-0.39, 0.29) is 12.1 Å². The number of carbonyl (C=O) groups excluding carboxylic acids is 1. The van der Waals surface area contributed by atoms with Gasteiger partial charge < -0.3 is 19.7 Å². The SMILES string of the molecule is Cn1cc(CCNC(=O)N2CCCOC(CN3CCOCC3)C2)cn1. The molecule has 8 heteroatoms. The van der Waals surface area contributed by atoms with Crippen LogP contribution in [-0.4, -0.2) is 90.8 Å². The molecule has 1 atom stereocenters. The van der Waals surface area contributed by atoms with Crippen molar-refractivity contribution in [3.05, 3.63) is 18.0 Å². The summed E-state index contributed by atoms with van der Waals surface area (Å²) in [5.41, 5.74) is 1.13. The molecule has 0 spiro atoms. The molecule has 2 aliphatic heterocycles. The Bertz CT molecular complexity index is 544. The number of aryl methyl sites for hydroxylation is 1. The minimum absolute atomic E-state index is 0.00127. The monoisotopic (exact) mass is 351 g/mol. The highest BCUT2D eigenvalue weighted by atomic mass is 16.5. The van der Waals surface area contributed by atoms with Crippen LogP contribution in [0.15, 0.2) is 12.4 Å². The Morgan fingerprint density at radius 1 is 1.32 bits per heavy atom. The third kappa shape index (κ3) is 5.69. The summed E-state index contributed by atoms with van der Waals surface area (Å²) in [6, 6.07) is 0.00127. The third-order valence-corrected chi connectivity index (χ3v) is 4.65. The first-order valence-electron chi connectivity index (χ1n) is 9.13. The molecule has 0 aromatic carbocycles. The molecule has 2 saturated heterocycles. The van der Waals surface area contributed by atoms with Gasteiger partial charge in [-0.25, -0.2) is 4.79 Å². The minimum Gasteiger partial charge on any atom is -0.379 e. The van der Waals surface area contributed by atoms with Crippen LogP contribution in [0, 0.1) is 0 Å². The van der Waals surface area contributed by atoms with Crippen LogP contribution in [0.4, 0.5) is 4.79 Å². The molecule has 3 heterocycles. The van der Waals surface area contributed by atoms with Crippen LogP contribution in [-0.2, 0) is 22.9 Å². The molecule has 1 aromatic rings. The second kappa shape index (κ2) is 9.17. The van der Waals surface area contributed by atoms with Crippen LogP contribution in [0.2, 0.25) is 0 Å². The van der Waals surface area contributed by atoms with E-state index in [1.165, 1.54) is 0 Å². The van der Waals surface area contributed by atoms with Crippen LogP contribution in [0.3, 0.4) is 0 Å². The van der Waals surface area contributed by atoms with Crippen molar-refractivity contribution in [1.29, 1.82) is 0 Å². The quantitative estimate of drug-likeness (QED) is 0.814. The Kier molecular flexibility index (Phi) is 6.66. The van der Waals surface area contributed by atoms with Crippen molar-refractivity contribution in [3.8, 4) is 0 Å². The highest BCUT2D eigenvalue weighted by molar-refractivity contribution is 5.74. The molecule has 0 bridgehead atoms. The van der Waals surface area contributed by atoms with Gasteiger partial charge in [-0.1, -0.05) is 0 Å². The second-order valence-corrected chi connectivity index (χ2v) is 6.71. The van der Waals surface area contributed by atoms with Crippen LogP contribution < -0.4 is 5.32 Å². The number of nitrogens with one attached hydrogen (secondary N) is 1. The minimum atomic E-state index is 0.00127. The smallest absolute Gasteiger partial charge is 0.317 e. The van der Waals surface area contributed by atoms with Gasteiger partial charge in [-0.15, -0.1) is 0 Å². The van der Waals surface area contributed by atoms with Crippen molar-refractivity contribution in [2.75, 3.05) is 59.1 Å². The van der Waals surface area contributed by atoms with E-state index in [0.29, 0.717) is 19.7 Å². The zero-order chi connectivity index (χ0) is 17.5. The van der Waals surface area contributed by atoms with Gasteiger partial charge in [-0.2, -0.15) is 5.10 Å². The molecule has 2 aliphatic rings. The zero-order valence-electron chi connectivity index (χ0n) is 15.0. The van der Waals surface area contributed by atoms with Crippen molar-refractivity contribution >= 4 is 6.03 Å². The van der Waals surface area contributed by atoms with E-state index in [4.69, 9.17) is 9.47 Å². The molecule has 0 radical (unpaired) electrons. The molecular formula is C17H29N5O3. The molecule has 25 heavy (non-hydrogen) atoms. The summed E-state index contributed by atoms with van der Waals surface area (Å²) in [6.07, 6.45) is 5.57. The second-order valence-electron chi connectivity index (χ2n) is 6.71. The largest absolute Gasteiger partial charge is 0.379 e. The van der Waals surface area contributed by atoms with E-state index in [2.05, 4.69) is 15.3 Å². The molecule has 1 aromatic heterocycles. The molecule has 2 fully saturated rings. The predicted molar refractivity (Wildman–Crippen MR) is 93.5 cm³/mol. The zero-order valence-corrected chi connectivity index (χ0v) is 15.0. The summed E-state index contributed by atoms with van der Waals surface area (Å²) in [7, 11) is 1.90. The molecule has 8 nitrogen and oxygen atoms in total. The van der Waals surface area contributed by atoms with Crippen LogP contribution in [0.5, 0.6) is 0 Å². The third-order valence-electron chi connectivity index (χ3n) is 4.65. The molecule has 0 aliphatic carbocycles.